The van der Waals surface area contributed by atoms with E-state index in [-0.39, 0.29) is 22.1 Å². The zero-order valence-electron chi connectivity index (χ0n) is 16.4. The van der Waals surface area contributed by atoms with Crippen molar-refractivity contribution in [2.24, 2.45) is 0 Å². The van der Waals surface area contributed by atoms with Gasteiger partial charge in [0.1, 0.15) is 5.82 Å². The maximum atomic E-state index is 13.0. The Hall–Kier alpha value is -3.39. The third-order valence-electron chi connectivity index (χ3n) is 4.43. The van der Waals surface area contributed by atoms with Gasteiger partial charge in [0.2, 0.25) is 0 Å². The van der Waals surface area contributed by atoms with E-state index in [1.54, 1.807) is 6.07 Å². The number of para-hydroxylation sites is 1. The van der Waals surface area contributed by atoms with Gasteiger partial charge in [-0.25, -0.2) is 12.8 Å². The van der Waals surface area contributed by atoms with Gasteiger partial charge in [-0.05, 0) is 54.6 Å². The molecule has 0 spiro atoms. The number of rotatable bonds is 8. The fourth-order valence-electron chi connectivity index (χ4n) is 2.79. The van der Waals surface area contributed by atoms with Crippen molar-refractivity contribution in [1.82, 2.24) is 5.32 Å². The lowest BCUT2D eigenvalue weighted by Crippen LogP contribution is -2.33. The highest BCUT2D eigenvalue weighted by Crippen LogP contribution is 2.17. The van der Waals surface area contributed by atoms with E-state index in [0.29, 0.717) is 13.1 Å². The van der Waals surface area contributed by atoms with Gasteiger partial charge in [0, 0.05) is 37.1 Å². The molecule has 3 aromatic rings. The average molecular weight is 428 g/mol. The Bertz CT molecular complexity index is 1100. The first-order valence-corrected chi connectivity index (χ1v) is 10.8. The maximum absolute atomic E-state index is 13.0. The molecule has 8 heteroatoms. The molecule has 0 radical (unpaired) electrons. The predicted octanol–water partition coefficient (Wildman–Crippen LogP) is 3.49. The van der Waals surface area contributed by atoms with E-state index in [0.717, 1.165) is 17.8 Å². The number of hydrogen-bond donors (Lipinski definition) is 2. The van der Waals surface area contributed by atoms with E-state index in [2.05, 4.69) is 10.0 Å². The van der Waals surface area contributed by atoms with E-state index < -0.39 is 15.8 Å². The van der Waals surface area contributed by atoms with Crippen LogP contribution < -0.4 is 14.9 Å². The lowest BCUT2D eigenvalue weighted by atomic mass is 10.2. The first-order valence-electron chi connectivity index (χ1n) is 9.28. The molecule has 156 valence electrons. The fourth-order valence-corrected chi connectivity index (χ4v) is 3.89. The summed E-state index contributed by atoms with van der Waals surface area (Å²) in [5.74, 6) is -0.829. The summed E-state index contributed by atoms with van der Waals surface area (Å²) in [6, 6.07) is 20.5. The first-order chi connectivity index (χ1) is 14.3. The summed E-state index contributed by atoms with van der Waals surface area (Å²) in [6.07, 6.45) is 0. The Kier molecular flexibility index (Phi) is 6.68. The van der Waals surface area contributed by atoms with Crippen molar-refractivity contribution in [1.29, 1.82) is 0 Å². The number of carbonyl (C=O) groups is 1. The van der Waals surface area contributed by atoms with Crippen molar-refractivity contribution >= 4 is 27.3 Å². The van der Waals surface area contributed by atoms with Crippen LogP contribution in [0.15, 0.2) is 83.8 Å². The number of hydrogen-bond acceptors (Lipinski definition) is 4. The van der Waals surface area contributed by atoms with E-state index in [4.69, 9.17) is 0 Å². The molecule has 0 aliphatic rings. The van der Waals surface area contributed by atoms with Gasteiger partial charge >= 0.3 is 0 Å². The molecule has 30 heavy (non-hydrogen) atoms. The van der Waals surface area contributed by atoms with Crippen molar-refractivity contribution in [3.05, 3.63) is 90.2 Å². The lowest BCUT2D eigenvalue weighted by Gasteiger charge is -2.19. The maximum Gasteiger partial charge on any atom is 0.261 e. The third kappa shape index (κ3) is 5.57. The highest BCUT2D eigenvalue weighted by Gasteiger charge is 2.16. The number of nitrogens with zero attached hydrogens (tertiary/aromatic N) is 1. The molecule has 1 amide bonds. The molecule has 0 aliphatic carbocycles. The summed E-state index contributed by atoms with van der Waals surface area (Å²) in [4.78, 5) is 14.4. The summed E-state index contributed by atoms with van der Waals surface area (Å²) in [6.45, 7) is 0.995. The van der Waals surface area contributed by atoms with Gasteiger partial charge in [-0.2, -0.15) is 0 Å². The van der Waals surface area contributed by atoms with Crippen LogP contribution in [0, 0.1) is 5.82 Å². The Morgan fingerprint density at radius 2 is 1.67 bits per heavy atom. The van der Waals surface area contributed by atoms with Crippen LogP contribution in [-0.2, 0) is 10.0 Å². The van der Waals surface area contributed by atoms with Crippen LogP contribution in [0.3, 0.4) is 0 Å². The summed E-state index contributed by atoms with van der Waals surface area (Å²) < 4.78 is 40.5. The summed E-state index contributed by atoms with van der Waals surface area (Å²) in [5.41, 5.74) is 1.50. The minimum absolute atomic E-state index is 0.0547. The van der Waals surface area contributed by atoms with Crippen LogP contribution in [0.5, 0.6) is 0 Å². The highest BCUT2D eigenvalue weighted by atomic mass is 32.2. The van der Waals surface area contributed by atoms with Crippen LogP contribution in [-0.4, -0.2) is 34.5 Å². The number of anilines is 2. The van der Waals surface area contributed by atoms with E-state index >= 15 is 0 Å². The molecular formula is C22H22FN3O3S. The van der Waals surface area contributed by atoms with Crippen molar-refractivity contribution in [3.63, 3.8) is 0 Å². The molecule has 0 atom stereocenters. The number of likely N-dealkylation sites (N-methyl/N-ethyl adjacent to an activating group) is 1. The SMILES string of the molecule is CN(CCNC(=O)c1cccc(S(=O)(=O)Nc2ccc(F)cc2)c1)c1ccccc1. The minimum atomic E-state index is -3.91. The standard InChI is InChI=1S/C22H22FN3O3S/c1-26(20-7-3-2-4-8-20)15-14-24-22(27)17-6-5-9-21(16-17)30(28,29)25-19-12-10-18(23)11-13-19/h2-13,16,25H,14-15H2,1H3,(H,24,27). The Morgan fingerprint density at radius 1 is 0.967 bits per heavy atom. The summed E-state index contributed by atoms with van der Waals surface area (Å²) in [7, 11) is -1.99. The van der Waals surface area contributed by atoms with E-state index in [1.807, 2.05) is 42.3 Å². The second-order valence-electron chi connectivity index (χ2n) is 6.65. The van der Waals surface area contributed by atoms with Crippen molar-refractivity contribution < 1.29 is 17.6 Å². The van der Waals surface area contributed by atoms with E-state index in [9.17, 15) is 17.6 Å². The minimum Gasteiger partial charge on any atom is -0.373 e. The van der Waals surface area contributed by atoms with Gasteiger partial charge < -0.3 is 10.2 Å². The zero-order valence-corrected chi connectivity index (χ0v) is 17.2. The van der Waals surface area contributed by atoms with Gasteiger partial charge in [0.15, 0.2) is 0 Å². The number of halogens is 1. The van der Waals surface area contributed by atoms with Crippen LogP contribution in [0.2, 0.25) is 0 Å². The lowest BCUT2D eigenvalue weighted by molar-refractivity contribution is 0.0954. The molecule has 0 bridgehead atoms. The van der Waals surface area contributed by atoms with Gasteiger partial charge in [-0.3, -0.25) is 9.52 Å². The number of amides is 1. The molecular weight excluding hydrogens is 405 g/mol. The topological polar surface area (TPSA) is 78.5 Å². The van der Waals surface area contributed by atoms with Gasteiger partial charge in [-0.1, -0.05) is 24.3 Å². The number of nitrogens with one attached hydrogen (secondary N) is 2. The second kappa shape index (κ2) is 9.41. The Balaban J connectivity index is 1.62. The van der Waals surface area contributed by atoms with Crippen LogP contribution in [0.4, 0.5) is 15.8 Å². The third-order valence-corrected chi connectivity index (χ3v) is 5.81. The van der Waals surface area contributed by atoms with Crippen LogP contribution >= 0.6 is 0 Å². The van der Waals surface area contributed by atoms with Crippen LogP contribution in [0.1, 0.15) is 10.4 Å². The first kappa shape index (κ1) is 21.3. The number of benzene rings is 3. The summed E-state index contributed by atoms with van der Waals surface area (Å²) >= 11 is 0. The fraction of sp³-hybridized carbons (Fsp3) is 0.136. The van der Waals surface area contributed by atoms with Crippen molar-refractivity contribution in [2.45, 2.75) is 4.90 Å². The number of sulfonamides is 1. The predicted molar refractivity (Wildman–Crippen MR) is 116 cm³/mol. The van der Waals surface area contributed by atoms with Gasteiger partial charge in [0.05, 0.1) is 4.90 Å². The normalized spacial score (nSPS) is 11.0. The molecule has 0 saturated carbocycles. The van der Waals surface area contributed by atoms with Crippen LogP contribution in [0.25, 0.3) is 0 Å². The average Bonchev–Trinajstić information content (AvgIpc) is 2.76. The molecule has 3 aromatic carbocycles. The van der Waals surface area contributed by atoms with Crippen molar-refractivity contribution in [2.75, 3.05) is 29.8 Å². The quantitative estimate of drug-likeness (QED) is 0.577. The molecule has 2 N–H and O–H groups in total. The molecule has 0 heterocycles. The summed E-state index contributed by atoms with van der Waals surface area (Å²) in [5, 5.41) is 2.80. The monoisotopic (exact) mass is 427 g/mol. The molecule has 3 rings (SSSR count). The Morgan fingerprint density at radius 3 is 2.37 bits per heavy atom. The Labute approximate surface area is 175 Å². The van der Waals surface area contributed by atoms with Gasteiger partial charge in [-0.15, -0.1) is 0 Å². The zero-order chi connectivity index (χ0) is 21.6. The highest BCUT2D eigenvalue weighted by molar-refractivity contribution is 7.92. The number of carbonyl (C=O) groups excluding carboxylic acids is 1. The second-order valence-corrected chi connectivity index (χ2v) is 8.34. The molecule has 0 fully saturated rings. The largest absolute Gasteiger partial charge is 0.373 e. The van der Waals surface area contributed by atoms with Crippen molar-refractivity contribution in [3.8, 4) is 0 Å². The van der Waals surface area contributed by atoms with E-state index in [1.165, 1.54) is 30.3 Å². The molecule has 0 saturated heterocycles. The van der Waals surface area contributed by atoms with Gasteiger partial charge in [0.25, 0.3) is 15.9 Å². The smallest absolute Gasteiger partial charge is 0.261 e. The molecule has 6 nitrogen and oxygen atoms in total. The molecule has 0 aromatic heterocycles. The molecule has 0 aliphatic heterocycles. The molecule has 0 unspecified atom stereocenters.